The molecule has 0 bridgehead atoms. The van der Waals surface area contributed by atoms with E-state index in [0.29, 0.717) is 11.1 Å². The number of hydrogen-bond acceptors (Lipinski definition) is 2. The molecule has 0 saturated heterocycles. The van der Waals surface area contributed by atoms with Crippen LogP contribution in [0.5, 0.6) is 5.75 Å². The molecule has 0 spiro atoms. The van der Waals surface area contributed by atoms with Gasteiger partial charge in [0.1, 0.15) is 5.75 Å². The first-order valence-corrected chi connectivity index (χ1v) is 6.34. The summed E-state index contributed by atoms with van der Waals surface area (Å²) in [6, 6.07) is 14.5. The Morgan fingerprint density at radius 1 is 1.00 bits per heavy atom. The van der Waals surface area contributed by atoms with Crippen LogP contribution in [0.25, 0.3) is 11.1 Å². The molecule has 2 aromatic rings. The van der Waals surface area contributed by atoms with Crippen LogP contribution >= 0.6 is 8.03 Å². The van der Waals surface area contributed by atoms with Gasteiger partial charge in [-0.2, -0.15) is 4.89 Å². The number of ether oxygens (including phenoxy) is 1. The molecular formula is C13H12O3P+. The smallest absolute Gasteiger partial charge is 0.496 e. The molecular weight excluding hydrogens is 235 g/mol. The summed E-state index contributed by atoms with van der Waals surface area (Å²) >= 11 is 0. The average molecular weight is 247 g/mol. The molecule has 1 atom stereocenters. The lowest BCUT2D eigenvalue weighted by atomic mass is 10.0. The Morgan fingerprint density at radius 2 is 1.59 bits per heavy atom. The quantitative estimate of drug-likeness (QED) is 0.848. The van der Waals surface area contributed by atoms with E-state index < -0.39 is 8.03 Å². The summed E-state index contributed by atoms with van der Waals surface area (Å²) in [6.07, 6.45) is 0. The Hall–Kier alpha value is -1.70. The zero-order valence-electron chi connectivity index (χ0n) is 9.33. The van der Waals surface area contributed by atoms with Crippen LogP contribution in [0, 0.1) is 0 Å². The first-order chi connectivity index (χ1) is 8.24. The van der Waals surface area contributed by atoms with Crippen LogP contribution in [0.1, 0.15) is 0 Å². The predicted molar refractivity (Wildman–Crippen MR) is 67.9 cm³/mol. The number of para-hydroxylation sites is 1. The summed E-state index contributed by atoms with van der Waals surface area (Å²) < 4.78 is 16.6. The summed E-state index contributed by atoms with van der Waals surface area (Å²) in [5, 5.41) is 0.423. The Balaban J connectivity index is 2.64. The Kier molecular flexibility index (Phi) is 3.52. The van der Waals surface area contributed by atoms with Gasteiger partial charge in [0.25, 0.3) is 0 Å². The maximum absolute atomic E-state index is 11.3. The molecule has 0 heterocycles. The van der Waals surface area contributed by atoms with Crippen LogP contribution in [0.15, 0.2) is 48.5 Å². The summed E-state index contributed by atoms with van der Waals surface area (Å²) in [7, 11) is -0.779. The lowest BCUT2D eigenvalue weighted by Crippen LogP contribution is -2.01. The minimum Gasteiger partial charge on any atom is -0.496 e. The van der Waals surface area contributed by atoms with Gasteiger partial charge in [-0.15, -0.1) is 0 Å². The fraction of sp³-hybridized carbons (Fsp3) is 0.0769. The lowest BCUT2D eigenvalue weighted by Gasteiger charge is -2.07. The Bertz CT molecular complexity index is 552. The van der Waals surface area contributed by atoms with Gasteiger partial charge in [-0.05, 0) is 22.8 Å². The second-order valence-electron chi connectivity index (χ2n) is 3.49. The van der Waals surface area contributed by atoms with Gasteiger partial charge in [0.05, 0.1) is 7.11 Å². The van der Waals surface area contributed by atoms with Crippen LogP contribution in [-0.2, 0) is 4.57 Å². The van der Waals surface area contributed by atoms with E-state index >= 15 is 0 Å². The monoisotopic (exact) mass is 247 g/mol. The normalized spacial score (nSPS) is 11.1. The van der Waals surface area contributed by atoms with Crippen LogP contribution in [0.4, 0.5) is 0 Å². The standard InChI is InChI=1S/C13H11O3P/c1-16-12-8-4-2-6-10(12)11-7-3-5-9-13(11)17(14)15/h2-9H,1H3/p+1. The van der Waals surface area contributed by atoms with Crippen molar-refractivity contribution in [3.63, 3.8) is 0 Å². The topological polar surface area (TPSA) is 46.5 Å². The van der Waals surface area contributed by atoms with Gasteiger partial charge in [-0.1, -0.05) is 30.3 Å². The molecule has 0 aliphatic heterocycles. The maximum Gasteiger partial charge on any atom is 0.546 e. The lowest BCUT2D eigenvalue weighted by molar-refractivity contribution is 0.416. The maximum atomic E-state index is 11.3. The van der Waals surface area contributed by atoms with Crippen molar-refractivity contribution in [3.05, 3.63) is 48.5 Å². The van der Waals surface area contributed by atoms with Crippen molar-refractivity contribution in [2.24, 2.45) is 0 Å². The van der Waals surface area contributed by atoms with E-state index in [0.717, 1.165) is 11.1 Å². The highest BCUT2D eigenvalue weighted by molar-refractivity contribution is 7.47. The predicted octanol–water partition coefficient (Wildman–Crippen LogP) is 2.72. The van der Waals surface area contributed by atoms with E-state index in [2.05, 4.69) is 0 Å². The SMILES string of the molecule is COc1ccccc1-c1ccccc1[P+](=O)O. The molecule has 1 N–H and O–H groups in total. The number of methoxy groups -OCH3 is 1. The van der Waals surface area contributed by atoms with Crippen LogP contribution in [0.3, 0.4) is 0 Å². The van der Waals surface area contributed by atoms with Gasteiger partial charge >= 0.3 is 8.03 Å². The average Bonchev–Trinajstić information content (AvgIpc) is 2.38. The summed E-state index contributed by atoms with van der Waals surface area (Å²) in [6.45, 7) is 0. The molecule has 17 heavy (non-hydrogen) atoms. The van der Waals surface area contributed by atoms with Crippen molar-refractivity contribution in [3.8, 4) is 16.9 Å². The van der Waals surface area contributed by atoms with Crippen LogP contribution < -0.4 is 10.0 Å². The third kappa shape index (κ3) is 2.36. The van der Waals surface area contributed by atoms with Crippen molar-refractivity contribution >= 4 is 13.3 Å². The fourth-order valence-corrected chi connectivity index (χ4v) is 2.35. The molecule has 1 unspecified atom stereocenters. The van der Waals surface area contributed by atoms with Gasteiger partial charge in [0.2, 0.25) is 5.30 Å². The van der Waals surface area contributed by atoms with Crippen molar-refractivity contribution in [2.45, 2.75) is 0 Å². The Labute approximate surface area is 101 Å². The van der Waals surface area contributed by atoms with E-state index in [4.69, 9.17) is 4.74 Å². The van der Waals surface area contributed by atoms with Crippen LogP contribution in [-0.4, -0.2) is 12.0 Å². The van der Waals surface area contributed by atoms with E-state index in [9.17, 15) is 9.46 Å². The third-order valence-electron chi connectivity index (χ3n) is 2.51. The molecule has 0 aromatic heterocycles. The van der Waals surface area contributed by atoms with Gasteiger partial charge in [0.15, 0.2) is 0 Å². The molecule has 3 nitrogen and oxygen atoms in total. The molecule has 4 heteroatoms. The van der Waals surface area contributed by atoms with Gasteiger partial charge < -0.3 is 4.74 Å². The first kappa shape index (κ1) is 11.8. The molecule has 2 aromatic carbocycles. The highest BCUT2D eigenvalue weighted by Gasteiger charge is 2.23. The van der Waals surface area contributed by atoms with Crippen LogP contribution in [0.2, 0.25) is 0 Å². The third-order valence-corrected chi connectivity index (χ3v) is 3.31. The molecule has 0 amide bonds. The molecule has 0 aliphatic rings. The highest BCUT2D eigenvalue weighted by Crippen LogP contribution is 2.31. The summed E-state index contributed by atoms with van der Waals surface area (Å²) in [5.74, 6) is 0.691. The molecule has 86 valence electrons. The number of rotatable bonds is 3. The van der Waals surface area contributed by atoms with Gasteiger partial charge in [-0.25, -0.2) is 0 Å². The van der Waals surface area contributed by atoms with Gasteiger partial charge in [-0.3, -0.25) is 0 Å². The van der Waals surface area contributed by atoms with Crippen molar-refractivity contribution in [2.75, 3.05) is 7.11 Å². The number of hydrogen-bond donors (Lipinski definition) is 1. The summed E-state index contributed by atoms with van der Waals surface area (Å²) in [4.78, 5) is 9.30. The van der Waals surface area contributed by atoms with E-state index in [-0.39, 0.29) is 0 Å². The zero-order valence-corrected chi connectivity index (χ0v) is 10.2. The van der Waals surface area contributed by atoms with E-state index in [1.165, 1.54) is 0 Å². The minimum atomic E-state index is -2.36. The largest absolute Gasteiger partial charge is 0.546 e. The molecule has 0 aliphatic carbocycles. The second-order valence-corrected chi connectivity index (χ2v) is 4.52. The second kappa shape index (κ2) is 5.09. The Morgan fingerprint density at radius 3 is 2.24 bits per heavy atom. The minimum absolute atomic E-state index is 0.423. The molecule has 2 rings (SSSR count). The molecule has 0 saturated carbocycles. The van der Waals surface area contributed by atoms with Crippen molar-refractivity contribution in [1.29, 1.82) is 0 Å². The highest BCUT2D eigenvalue weighted by atomic mass is 31.1. The first-order valence-electron chi connectivity index (χ1n) is 5.12. The van der Waals surface area contributed by atoms with Crippen molar-refractivity contribution in [1.82, 2.24) is 0 Å². The molecule has 0 radical (unpaired) electrons. The molecule has 0 fully saturated rings. The summed E-state index contributed by atoms with van der Waals surface area (Å²) in [5.41, 5.74) is 1.55. The fourth-order valence-electron chi connectivity index (χ4n) is 1.74. The van der Waals surface area contributed by atoms with Crippen molar-refractivity contribution < 1.29 is 14.2 Å². The van der Waals surface area contributed by atoms with E-state index in [1.807, 2.05) is 36.4 Å². The van der Waals surface area contributed by atoms with E-state index in [1.54, 1.807) is 19.2 Å². The number of benzene rings is 2. The zero-order chi connectivity index (χ0) is 12.3. The van der Waals surface area contributed by atoms with Gasteiger partial charge in [0, 0.05) is 11.1 Å².